The van der Waals surface area contributed by atoms with E-state index in [4.69, 9.17) is 0 Å². The van der Waals surface area contributed by atoms with Gasteiger partial charge in [-0.1, -0.05) is 24.8 Å². The maximum atomic E-state index is 13.1. The number of carbonyl (C=O) groups is 1. The van der Waals surface area contributed by atoms with Crippen LogP contribution >= 0.6 is 11.8 Å². The summed E-state index contributed by atoms with van der Waals surface area (Å²) in [5, 5.41) is 3.18. The highest BCUT2D eigenvalue weighted by Crippen LogP contribution is 2.15. The van der Waals surface area contributed by atoms with Gasteiger partial charge in [0.1, 0.15) is 11.5 Å². The van der Waals surface area contributed by atoms with Gasteiger partial charge in [-0.05, 0) is 36.9 Å². The van der Waals surface area contributed by atoms with Gasteiger partial charge in [0.2, 0.25) is 0 Å². The zero-order valence-electron chi connectivity index (χ0n) is 11.2. The number of anilines is 1. The fraction of sp³-hybridized carbons (Fsp3) is 0.214. The zero-order valence-corrected chi connectivity index (χ0v) is 12.0. The summed E-state index contributed by atoms with van der Waals surface area (Å²) in [4.78, 5) is 20.5. The van der Waals surface area contributed by atoms with Gasteiger partial charge in [0.25, 0.3) is 5.91 Å². The standard InChI is InChI=1S/C14H14FN3OS/c1-3-20-14-16-9(2)7-12(18-14)13(19)17-11-6-4-5-10(15)8-11/h4-8H,3H2,1-2H3,(H,17,19). The molecular formula is C14H14FN3OS. The Morgan fingerprint density at radius 1 is 1.35 bits per heavy atom. The van der Waals surface area contributed by atoms with Gasteiger partial charge < -0.3 is 5.32 Å². The lowest BCUT2D eigenvalue weighted by atomic mass is 10.3. The number of aromatic nitrogens is 2. The number of carbonyl (C=O) groups excluding carboxylic acids is 1. The molecule has 6 heteroatoms. The normalized spacial score (nSPS) is 10.3. The molecule has 0 saturated carbocycles. The smallest absolute Gasteiger partial charge is 0.274 e. The number of halogens is 1. The van der Waals surface area contributed by atoms with Gasteiger partial charge in [-0.15, -0.1) is 0 Å². The van der Waals surface area contributed by atoms with Crippen molar-refractivity contribution >= 4 is 23.4 Å². The van der Waals surface area contributed by atoms with Gasteiger partial charge in [-0.25, -0.2) is 14.4 Å². The summed E-state index contributed by atoms with van der Waals surface area (Å²) in [7, 11) is 0. The highest BCUT2D eigenvalue weighted by molar-refractivity contribution is 7.99. The van der Waals surface area contributed by atoms with E-state index >= 15 is 0 Å². The fourth-order valence-electron chi connectivity index (χ4n) is 1.61. The maximum absolute atomic E-state index is 13.1. The number of thioether (sulfide) groups is 1. The number of benzene rings is 1. The van der Waals surface area contributed by atoms with Crippen LogP contribution in [0.4, 0.5) is 10.1 Å². The molecule has 4 nitrogen and oxygen atoms in total. The number of nitrogens with one attached hydrogen (secondary N) is 1. The molecule has 0 atom stereocenters. The molecule has 0 saturated heterocycles. The summed E-state index contributed by atoms with van der Waals surface area (Å²) >= 11 is 1.47. The Balaban J connectivity index is 2.20. The molecular weight excluding hydrogens is 277 g/mol. The van der Waals surface area contributed by atoms with E-state index in [1.807, 2.05) is 6.92 Å². The first-order valence-electron chi connectivity index (χ1n) is 6.14. The van der Waals surface area contributed by atoms with E-state index < -0.39 is 5.82 Å². The van der Waals surface area contributed by atoms with Crippen molar-refractivity contribution in [2.45, 2.75) is 19.0 Å². The van der Waals surface area contributed by atoms with E-state index in [1.54, 1.807) is 19.1 Å². The molecule has 20 heavy (non-hydrogen) atoms. The Bertz CT molecular complexity index is 634. The van der Waals surface area contributed by atoms with Crippen LogP contribution in [0.3, 0.4) is 0 Å². The molecule has 2 rings (SSSR count). The molecule has 1 N–H and O–H groups in total. The minimum absolute atomic E-state index is 0.276. The van der Waals surface area contributed by atoms with Crippen molar-refractivity contribution in [3.05, 3.63) is 47.5 Å². The second-order valence-electron chi connectivity index (χ2n) is 4.07. The SMILES string of the molecule is CCSc1nc(C)cc(C(=O)Nc2cccc(F)c2)n1. The lowest BCUT2D eigenvalue weighted by Crippen LogP contribution is -2.15. The Hall–Kier alpha value is -1.95. The second kappa shape index (κ2) is 6.47. The summed E-state index contributed by atoms with van der Waals surface area (Å²) < 4.78 is 13.1. The monoisotopic (exact) mass is 291 g/mol. The predicted octanol–water partition coefficient (Wildman–Crippen LogP) is 3.29. The zero-order chi connectivity index (χ0) is 14.5. The van der Waals surface area contributed by atoms with Crippen LogP contribution in [0.2, 0.25) is 0 Å². The molecule has 104 valence electrons. The van der Waals surface area contributed by atoms with Gasteiger partial charge in [-0.2, -0.15) is 0 Å². The molecule has 1 heterocycles. The van der Waals surface area contributed by atoms with Crippen LogP contribution in [0.1, 0.15) is 23.1 Å². The predicted molar refractivity (Wildman–Crippen MR) is 77.5 cm³/mol. The third-order valence-electron chi connectivity index (χ3n) is 2.42. The second-order valence-corrected chi connectivity index (χ2v) is 5.31. The summed E-state index contributed by atoms with van der Waals surface area (Å²) in [6, 6.07) is 7.34. The van der Waals surface area contributed by atoms with E-state index in [1.165, 1.54) is 30.0 Å². The molecule has 0 unspecified atom stereocenters. The van der Waals surface area contributed by atoms with Gasteiger partial charge in [0.15, 0.2) is 5.16 Å². The van der Waals surface area contributed by atoms with Crippen LogP contribution in [-0.4, -0.2) is 21.6 Å². The van der Waals surface area contributed by atoms with Crippen LogP contribution in [0.5, 0.6) is 0 Å². The van der Waals surface area contributed by atoms with Crippen LogP contribution in [0, 0.1) is 12.7 Å². The molecule has 1 amide bonds. The summed E-state index contributed by atoms with van der Waals surface area (Å²) in [5.74, 6) is 0.0527. The van der Waals surface area contributed by atoms with Crippen molar-refractivity contribution < 1.29 is 9.18 Å². The number of rotatable bonds is 4. The lowest BCUT2D eigenvalue weighted by molar-refractivity contribution is 0.102. The van der Waals surface area contributed by atoms with Gasteiger partial charge >= 0.3 is 0 Å². The minimum atomic E-state index is -0.399. The highest BCUT2D eigenvalue weighted by atomic mass is 32.2. The number of hydrogen-bond acceptors (Lipinski definition) is 4. The van der Waals surface area contributed by atoms with E-state index in [9.17, 15) is 9.18 Å². The van der Waals surface area contributed by atoms with Crippen molar-refractivity contribution in [1.29, 1.82) is 0 Å². The van der Waals surface area contributed by atoms with Gasteiger partial charge in [-0.3, -0.25) is 4.79 Å². The summed E-state index contributed by atoms with van der Waals surface area (Å²) in [6.07, 6.45) is 0. The van der Waals surface area contributed by atoms with E-state index in [-0.39, 0.29) is 11.6 Å². The molecule has 1 aromatic carbocycles. The fourth-order valence-corrected chi connectivity index (χ4v) is 2.24. The van der Waals surface area contributed by atoms with Crippen molar-refractivity contribution in [3.8, 4) is 0 Å². The Morgan fingerprint density at radius 3 is 2.85 bits per heavy atom. The van der Waals surface area contributed by atoms with Crippen LogP contribution < -0.4 is 5.32 Å². The number of hydrogen-bond donors (Lipinski definition) is 1. The van der Waals surface area contributed by atoms with E-state index in [0.717, 1.165) is 11.4 Å². The molecule has 0 aliphatic rings. The Labute approximate surface area is 120 Å². The first-order valence-corrected chi connectivity index (χ1v) is 7.12. The first-order chi connectivity index (χ1) is 9.58. The van der Waals surface area contributed by atoms with Crippen LogP contribution in [-0.2, 0) is 0 Å². The van der Waals surface area contributed by atoms with Gasteiger partial charge in [0, 0.05) is 11.4 Å². The van der Waals surface area contributed by atoms with E-state index in [2.05, 4.69) is 15.3 Å². The number of nitrogens with zero attached hydrogens (tertiary/aromatic N) is 2. The molecule has 0 aliphatic heterocycles. The summed E-state index contributed by atoms with van der Waals surface area (Å²) in [6.45, 7) is 3.79. The highest BCUT2D eigenvalue weighted by Gasteiger charge is 2.11. The largest absolute Gasteiger partial charge is 0.321 e. The molecule has 0 radical (unpaired) electrons. The van der Waals surface area contributed by atoms with Gasteiger partial charge in [0.05, 0.1) is 0 Å². The topological polar surface area (TPSA) is 54.9 Å². The quantitative estimate of drug-likeness (QED) is 0.693. The first kappa shape index (κ1) is 14.5. The van der Waals surface area contributed by atoms with Crippen molar-refractivity contribution in [3.63, 3.8) is 0 Å². The summed E-state index contributed by atoms with van der Waals surface area (Å²) in [5.41, 5.74) is 1.40. The lowest BCUT2D eigenvalue weighted by Gasteiger charge is -2.06. The van der Waals surface area contributed by atoms with Crippen molar-refractivity contribution in [2.24, 2.45) is 0 Å². The third-order valence-corrected chi connectivity index (χ3v) is 3.15. The van der Waals surface area contributed by atoms with Crippen molar-refractivity contribution in [1.82, 2.24) is 9.97 Å². The average Bonchev–Trinajstić information content (AvgIpc) is 2.38. The molecule has 0 aliphatic carbocycles. The molecule has 0 bridgehead atoms. The van der Waals surface area contributed by atoms with Crippen LogP contribution in [0.15, 0.2) is 35.5 Å². The Morgan fingerprint density at radius 2 is 2.15 bits per heavy atom. The maximum Gasteiger partial charge on any atom is 0.274 e. The average molecular weight is 291 g/mol. The number of amides is 1. The van der Waals surface area contributed by atoms with Crippen LogP contribution in [0.25, 0.3) is 0 Å². The third kappa shape index (κ3) is 3.77. The number of aryl methyl sites for hydroxylation is 1. The molecule has 2 aromatic rings. The molecule has 0 fully saturated rings. The molecule has 0 spiro atoms. The molecule has 1 aromatic heterocycles. The minimum Gasteiger partial charge on any atom is -0.321 e. The van der Waals surface area contributed by atoms with E-state index in [0.29, 0.717) is 10.8 Å². The Kier molecular flexibility index (Phi) is 4.68. The van der Waals surface area contributed by atoms with Crippen molar-refractivity contribution in [2.75, 3.05) is 11.1 Å².